The van der Waals surface area contributed by atoms with Crippen molar-refractivity contribution in [1.82, 2.24) is 9.97 Å². The number of aliphatic carboxylic acids is 1. The number of hydrogen-bond acceptors (Lipinski definition) is 4. The standard InChI is InChI=1S/C11H16N2O2S/c1-8-7-9(2)13-11(12-8)16-6-4-3-5-10(14)15/h7H,3-6H2,1-2H3,(H,14,15). The van der Waals surface area contributed by atoms with Gasteiger partial charge in [-0.1, -0.05) is 11.8 Å². The largest absolute Gasteiger partial charge is 0.481 e. The summed E-state index contributed by atoms with van der Waals surface area (Å²) in [6.45, 7) is 3.90. The lowest BCUT2D eigenvalue weighted by molar-refractivity contribution is -0.137. The van der Waals surface area contributed by atoms with E-state index in [9.17, 15) is 4.79 Å². The summed E-state index contributed by atoms with van der Waals surface area (Å²) >= 11 is 1.59. The highest BCUT2D eigenvalue weighted by atomic mass is 32.2. The molecule has 1 heterocycles. The first-order valence-electron chi connectivity index (χ1n) is 5.25. The molecule has 1 rings (SSSR count). The highest BCUT2D eigenvalue weighted by Gasteiger charge is 2.01. The number of hydrogen-bond donors (Lipinski definition) is 1. The van der Waals surface area contributed by atoms with Gasteiger partial charge in [0.15, 0.2) is 5.16 Å². The van der Waals surface area contributed by atoms with Crippen LogP contribution in [0.1, 0.15) is 30.7 Å². The normalized spacial score (nSPS) is 10.4. The number of carboxylic acid groups (broad SMARTS) is 1. The van der Waals surface area contributed by atoms with Crippen molar-refractivity contribution >= 4 is 17.7 Å². The fraction of sp³-hybridized carbons (Fsp3) is 0.545. The number of unbranched alkanes of at least 4 members (excludes halogenated alkanes) is 1. The van der Waals surface area contributed by atoms with Crippen LogP contribution in [-0.2, 0) is 4.79 Å². The van der Waals surface area contributed by atoms with Crippen LogP contribution in [-0.4, -0.2) is 26.8 Å². The molecule has 0 radical (unpaired) electrons. The molecule has 0 spiro atoms. The summed E-state index contributed by atoms with van der Waals surface area (Å²) in [4.78, 5) is 18.9. The third kappa shape index (κ3) is 5.11. The molecule has 4 nitrogen and oxygen atoms in total. The Labute approximate surface area is 99.5 Å². The Morgan fingerprint density at radius 2 is 1.94 bits per heavy atom. The number of aryl methyl sites for hydroxylation is 2. The van der Waals surface area contributed by atoms with Crippen LogP contribution >= 0.6 is 11.8 Å². The Morgan fingerprint density at radius 3 is 2.50 bits per heavy atom. The molecule has 88 valence electrons. The van der Waals surface area contributed by atoms with Crippen LogP contribution in [0.15, 0.2) is 11.2 Å². The second-order valence-corrected chi connectivity index (χ2v) is 4.69. The van der Waals surface area contributed by atoms with Crippen molar-refractivity contribution in [3.63, 3.8) is 0 Å². The summed E-state index contributed by atoms with van der Waals surface area (Å²) < 4.78 is 0. The lowest BCUT2D eigenvalue weighted by Gasteiger charge is -2.02. The van der Waals surface area contributed by atoms with E-state index in [1.165, 1.54) is 0 Å². The van der Waals surface area contributed by atoms with Gasteiger partial charge < -0.3 is 5.11 Å². The van der Waals surface area contributed by atoms with Gasteiger partial charge >= 0.3 is 5.97 Å². The molecular formula is C11H16N2O2S. The maximum atomic E-state index is 10.3. The third-order valence-electron chi connectivity index (χ3n) is 1.98. The van der Waals surface area contributed by atoms with Crippen LogP contribution in [0.25, 0.3) is 0 Å². The number of thioether (sulfide) groups is 1. The van der Waals surface area contributed by atoms with Gasteiger partial charge in [0, 0.05) is 23.6 Å². The number of rotatable bonds is 6. The van der Waals surface area contributed by atoms with Crippen LogP contribution in [0, 0.1) is 13.8 Å². The topological polar surface area (TPSA) is 63.1 Å². The van der Waals surface area contributed by atoms with Crippen molar-refractivity contribution in [1.29, 1.82) is 0 Å². The zero-order chi connectivity index (χ0) is 12.0. The number of carboxylic acids is 1. The van der Waals surface area contributed by atoms with E-state index < -0.39 is 5.97 Å². The van der Waals surface area contributed by atoms with E-state index in [-0.39, 0.29) is 6.42 Å². The van der Waals surface area contributed by atoms with Gasteiger partial charge in [-0.15, -0.1) is 0 Å². The Balaban J connectivity index is 2.29. The van der Waals surface area contributed by atoms with Crippen LogP contribution < -0.4 is 0 Å². The fourth-order valence-corrected chi connectivity index (χ4v) is 2.25. The van der Waals surface area contributed by atoms with Crippen LogP contribution in [0.3, 0.4) is 0 Å². The Morgan fingerprint density at radius 1 is 1.31 bits per heavy atom. The molecule has 1 aromatic rings. The molecule has 0 atom stereocenters. The van der Waals surface area contributed by atoms with E-state index in [0.717, 1.165) is 28.7 Å². The van der Waals surface area contributed by atoms with E-state index in [1.807, 2.05) is 19.9 Å². The van der Waals surface area contributed by atoms with Gasteiger partial charge in [-0.2, -0.15) is 0 Å². The number of nitrogens with zero attached hydrogens (tertiary/aromatic N) is 2. The minimum absolute atomic E-state index is 0.244. The maximum absolute atomic E-state index is 10.3. The fourth-order valence-electron chi connectivity index (χ4n) is 1.30. The average Bonchev–Trinajstić information content (AvgIpc) is 2.15. The predicted octanol–water partition coefficient (Wildman–Crippen LogP) is 2.44. The second-order valence-electron chi connectivity index (χ2n) is 3.63. The molecule has 5 heteroatoms. The summed E-state index contributed by atoms with van der Waals surface area (Å²) in [6.07, 6.45) is 1.84. The van der Waals surface area contributed by atoms with E-state index >= 15 is 0 Å². The molecule has 0 aromatic carbocycles. The number of aromatic nitrogens is 2. The zero-order valence-corrected chi connectivity index (χ0v) is 10.4. The van der Waals surface area contributed by atoms with Crippen molar-refractivity contribution < 1.29 is 9.90 Å². The first-order valence-corrected chi connectivity index (χ1v) is 6.23. The summed E-state index contributed by atoms with van der Waals surface area (Å²) in [5, 5.41) is 9.26. The van der Waals surface area contributed by atoms with Crippen LogP contribution in [0.2, 0.25) is 0 Å². The first kappa shape index (κ1) is 13.0. The molecule has 1 N–H and O–H groups in total. The predicted molar refractivity (Wildman–Crippen MR) is 63.7 cm³/mol. The molecule has 1 aromatic heterocycles. The van der Waals surface area contributed by atoms with E-state index in [2.05, 4.69) is 9.97 Å². The summed E-state index contributed by atoms with van der Waals surface area (Å²) in [6, 6.07) is 1.94. The van der Waals surface area contributed by atoms with E-state index in [1.54, 1.807) is 11.8 Å². The lowest BCUT2D eigenvalue weighted by Crippen LogP contribution is -1.96. The van der Waals surface area contributed by atoms with Gasteiger partial charge in [-0.25, -0.2) is 9.97 Å². The molecule has 0 saturated heterocycles. The van der Waals surface area contributed by atoms with Gasteiger partial charge in [0.05, 0.1) is 0 Å². The molecule has 16 heavy (non-hydrogen) atoms. The summed E-state index contributed by atoms with van der Waals surface area (Å²) in [7, 11) is 0. The first-order chi connectivity index (χ1) is 7.58. The average molecular weight is 240 g/mol. The van der Waals surface area contributed by atoms with Crippen molar-refractivity contribution in [2.24, 2.45) is 0 Å². The minimum Gasteiger partial charge on any atom is -0.481 e. The van der Waals surface area contributed by atoms with Crippen molar-refractivity contribution in [2.45, 2.75) is 38.3 Å². The third-order valence-corrected chi connectivity index (χ3v) is 2.91. The molecule has 0 amide bonds. The molecule has 0 unspecified atom stereocenters. The molecule has 0 bridgehead atoms. The molecule has 0 aliphatic carbocycles. The summed E-state index contributed by atoms with van der Waals surface area (Å²) in [5.41, 5.74) is 1.95. The van der Waals surface area contributed by atoms with Crippen molar-refractivity contribution in [3.05, 3.63) is 17.5 Å². The lowest BCUT2D eigenvalue weighted by atomic mass is 10.3. The molecule has 0 aliphatic rings. The van der Waals surface area contributed by atoms with Crippen LogP contribution in [0.5, 0.6) is 0 Å². The zero-order valence-electron chi connectivity index (χ0n) is 9.56. The van der Waals surface area contributed by atoms with Gasteiger partial charge in [0.1, 0.15) is 0 Å². The molecule has 0 aliphatic heterocycles. The summed E-state index contributed by atoms with van der Waals surface area (Å²) in [5.74, 6) is 0.142. The number of carbonyl (C=O) groups is 1. The SMILES string of the molecule is Cc1cc(C)nc(SCCCCC(=O)O)n1. The van der Waals surface area contributed by atoms with Crippen molar-refractivity contribution in [3.8, 4) is 0 Å². The molecule has 0 saturated carbocycles. The highest BCUT2D eigenvalue weighted by molar-refractivity contribution is 7.99. The Bertz CT molecular complexity index is 349. The molecule has 0 fully saturated rings. The monoisotopic (exact) mass is 240 g/mol. The quantitative estimate of drug-likeness (QED) is 0.470. The van der Waals surface area contributed by atoms with Crippen LogP contribution in [0.4, 0.5) is 0 Å². The smallest absolute Gasteiger partial charge is 0.303 e. The van der Waals surface area contributed by atoms with Gasteiger partial charge in [0.25, 0.3) is 0 Å². The Kier molecular flexibility index (Phi) is 5.25. The van der Waals surface area contributed by atoms with E-state index in [0.29, 0.717) is 6.42 Å². The van der Waals surface area contributed by atoms with Gasteiger partial charge in [0.2, 0.25) is 0 Å². The minimum atomic E-state index is -0.729. The van der Waals surface area contributed by atoms with Crippen molar-refractivity contribution in [2.75, 3.05) is 5.75 Å². The van der Waals surface area contributed by atoms with Gasteiger partial charge in [-0.3, -0.25) is 4.79 Å². The highest BCUT2D eigenvalue weighted by Crippen LogP contribution is 2.16. The Hall–Kier alpha value is -1.10. The second kappa shape index (κ2) is 6.48. The van der Waals surface area contributed by atoms with E-state index in [4.69, 9.17) is 5.11 Å². The maximum Gasteiger partial charge on any atom is 0.303 e. The molecular weight excluding hydrogens is 224 g/mol. The van der Waals surface area contributed by atoms with Gasteiger partial charge in [-0.05, 0) is 32.8 Å².